The Balaban J connectivity index is 2.02. The number of fused-ring (bicyclic) bond motifs is 1. The quantitative estimate of drug-likeness (QED) is 0.771. The molecule has 1 amide bonds. The Kier molecular flexibility index (Phi) is 3.00. The van der Waals surface area contributed by atoms with Crippen LogP contribution >= 0.6 is 0 Å². The molecule has 96 valence electrons. The molecule has 8 heteroatoms. The predicted molar refractivity (Wildman–Crippen MR) is 63.8 cm³/mol. The first-order valence-electron chi connectivity index (χ1n) is 5.35. The van der Waals surface area contributed by atoms with Crippen molar-refractivity contribution in [2.24, 2.45) is 0 Å². The molecule has 0 aromatic carbocycles. The van der Waals surface area contributed by atoms with Crippen molar-refractivity contribution >= 4 is 17.7 Å². The summed E-state index contributed by atoms with van der Waals surface area (Å²) in [5.41, 5.74) is 4.59. The number of rotatable bonds is 2. The largest absolute Gasteiger partial charge is 0.443 e. The summed E-state index contributed by atoms with van der Waals surface area (Å²) in [5, 5.41) is 7.50. The monoisotopic (exact) mass is 250 g/mol. The average molecular weight is 250 g/mol. The summed E-state index contributed by atoms with van der Waals surface area (Å²) in [7, 11) is 0. The molecule has 2 rings (SSSR count). The third kappa shape index (κ3) is 2.84. The van der Waals surface area contributed by atoms with E-state index in [1.807, 2.05) is 0 Å². The van der Waals surface area contributed by atoms with Crippen LogP contribution in [-0.2, 0) is 4.74 Å². The number of aromatic nitrogens is 4. The fourth-order valence-corrected chi connectivity index (χ4v) is 1.26. The van der Waals surface area contributed by atoms with Gasteiger partial charge in [-0.1, -0.05) is 0 Å². The van der Waals surface area contributed by atoms with E-state index in [9.17, 15) is 4.79 Å². The van der Waals surface area contributed by atoms with Crippen LogP contribution < -0.4 is 10.9 Å². The molecule has 0 saturated heterocycles. The Hall–Kier alpha value is -2.38. The second kappa shape index (κ2) is 4.47. The summed E-state index contributed by atoms with van der Waals surface area (Å²) < 4.78 is 6.68. The zero-order valence-corrected chi connectivity index (χ0v) is 10.3. The van der Waals surface area contributed by atoms with Gasteiger partial charge in [-0.05, 0) is 26.8 Å². The van der Waals surface area contributed by atoms with Crippen molar-refractivity contribution in [3.8, 4) is 0 Å². The highest BCUT2D eigenvalue weighted by Gasteiger charge is 2.15. The first kappa shape index (κ1) is 12.1. The highest BCUT2D eigenvalue weighted by molar-refractivity contribution is 5.69. The highest BCUT2D eigenvalue weighted by Crippen LogP contribution is 2.08. The number of hydrogen-bond donors (Lipinski definition) is 2. The smallest absolute Gasteiger partial charge is 0.426 e. The zero-order chi connectivity index (χ0) is 13.2. The van der Waals surface area contributed by atoms with E-state index < -0.39 is 11.7 Å². The highest BCUT2D eigenvalue weighted by atomic mass is 16.6. The van der Waals surface area contributed by atoms with E-state index in [-0.39, 0.29) is 0 Å². The van der Waals surface area contributed by atoms with Crippen molar-refractivity contribution in [2.45, 2.75) is 26.4 Å². The standard InChI is InChI=1S/C10H14N6O2/c1-10(2,3)18-9(17)15-13-7-4-5-11-8-14-12-6-16(7)8/h4-6,13H,1-3H3,(H,15,17). The number of nitrogens with one attached hydrogen (secondary N) is 2. The van der Waals surface area contributed by atoms with Gasteiger partial charge in [0.15, 0.2) is 0 Å². The topological polar surface area (TPSA) is 93.4 Å². The van der Waals surface area contributed by atoms with Crippen molar-refractivity contribution in [1.29, 1.82) is 0 Å². The summed E-state index contributed by atoms with van der Waals surface area (Å²) in [4.78, 5) is 15.4. The molecule has 2 aromatic heterocycles. The van der Waals surface area contributed by atoms with Gasteiger partial charge in [-0.15, -0.1) is 10.2 Å². The maximum Gasteiger partial charge on any atom is 0.426 e. The van der Waals surface area contributed by atoms with E-state index in [2.05, 4.69) is 26.0 Å². The van der Waals surface area contributed by atoms with Gasteiger partial charge in [-0.2, -0.15) is 0 Å². The maximum absolute atomic E-state index is 11.5. The lowest BCUT2D eigenvalue weighted by molar-refractivity contribution is 0.0541. The van der Waals surface area contributed by atoms with Crippen molar-refractivity contribution in [1.82, 2.24) is 25.0 Å². The minimum atomic E-state index is -0.569. The molecular formula is C10H14N6O2. The molecule has 0 saturated carbocycles. The van der Waals surface area contributed by atoms with Crippen LogP contribution in [0.15, 0.2) is 18.6 Å². The van der Waals surface area contributed by atoms with Gasteiger partial charge < -0.3 is 4.74 Å². The lowest BCUT2D eigenvalue weighted by Crippen LogP contribution is -2.36. The maximum atomic E-state index is 11.5. The molecule has 0 aliphatic heterocycles. The van der Waals surface area contributed by atoms with Crippen molar-refractivity contribution in [3.63, 3.8) is 0 Å². The van der Waals surface area contributed by atoms with E-state index in [4.69, 9.17) is 4.74 Å². The van der Waals surface area contributed by atoms with Crippen LogP contribution in [0.25, 0.3) is 5.78 Å². The number of hydrogen-bond acceptors (Lipinski definition) is 6. The number of carbonyl (C=O) groups is 1. The minimum absolute atomic E-state index is 0.436. The molecule has 0 unspecified atom stereocenters. The van der Waals surface area contributed by atoms with Crippen LogP contribution in [-0.4, -0.2) is 31.3 Å². The molecule has 2 aromatic rings. The SMILES string of the molecule is CC(C)(C)OC(=O)NNc1ccnc2nncn12. The summed E-state index contributed by atoms with van der Waals surface area (Å²) >= 11 is 0. The molecule has 0 atom stereocenters. The molecule has 0 aliphatic carbocycles. The lowest BCUT2D eigenvalue weighted by atomic mass is 10.2. The molecule has 8 nitrogen and oxygen atoms in total. The number of anilines is 1. The number of nitrogens with zero attached hydrogens (tertiary/aromatic N) is 4. The van der Waals surface area contributed by atoms with Crippen LogP contribution in [0.3, 0.4) is 0 Å². The molecule has 0 fully saturated rings. The van der Waals surface area contributed by atoms with Gasteiger partial charge in [0.05, 0.1) is 0 Å². The third-order valence-electron chi connectivity index (χ3n) is 1.90. The number of hydrazine groups is 1. The molecule has 18 heavy (non-hydrogen) atoms. The molecular weight excluding hydrogens is 236 g/mol. The summed E-state index contributed by atoms with van der Waals surface area (Å²) in [6.07, 6.45) is 2.48. The number of amides is 1. The van der Waals surface area contributed by atoms with Crippen LogP contribution in [0, 0.1) is 0 Å². The molecule has 0 bridgehead atoms. The van der Waals surface area contributed by atoms with Crippen molar-refractivity contribution < 1.29 is 9.53 Å². The number of carbonyl (C=O) groups excluding carboxylic acids is 1. The first-order chi connectivity index (χ1) is 8.46. The first-order valence-corrected chi connectivity index (χ1v) is 5.35. The van der Waals surface area contributed by atoms with Gasteiger partial charge in [-0.25, -0.2) is 19.6 Å². The molecule has 0 aliphatic rings. The normalized spacial score (nSPS) is 11.3. The van der Waals surface area contributed by atoms with Gasteiger partial charge >= 0.3 is 6.09 Å². The van der Waals surface area contributed by atoms with Gasteiger partial charge in [0.1, 0.15) is 17.7 Å². The van der Waals surface area contributed by atoms with E-state index in [1.165, 1.54) is 6.33 Å². The molecule has 2 N–H and O–H groups in total. The van der Waals surface area contributed by atoms with Gasteiger partial charge in [0.25, 0.3) is 5.78 Å². The summed E-state index contributed by atoms with van der Waals surface area (Å²) in [6, 6.07) is 1.67. The molecule has 0 radical (unpaired) electrons. The fraction of sp³-hybridized carbons (Fsp3) is 0.400. The molecule has 0 spiro atoms. The van der Waals surface area contributed by atoms with Crippen LogP contribution in [0.2, 0.25) is 0 Å². The van der Waals surface area contributed by atoms with Crippen LogP contribution in [0.4, 0.5) is 10.6 Å². The number of ether oxygens (including phenoxy) is 1. The lowest BCUT2D eigenvalue weighted by Gasteiger charge is -2.20. The van der Waals surface area contributed by atoms with Gasteiger partial charge in [0, 0.05) is 6.20 Å². The van der Waals surface area contributed by atoms with E-state index in [0.29, 0.717) is 11.6 Å². The van der Waals surface area contributed by atoms with Gasteiger partial charge in [-0.3, -0.25) is 5.43 Å². The summed E-state index contributed by atoms with van der Waals surface area (Å²) in [6.45, 7) is 5.37. The van der Waals surface area contributed by atoms with E-state index >= 15 is 0 Å². The second-order valence-corrected chi connectivity index (χ2v) is 4.58. The fourth-order valence-electron chi connectivity index (χ4n) is 1.26. The Morgan fingerprint density at radius 1 is 1.44 bits per heavy atom. The Labute approximate surface area is 103 Å². The van der Waals surface area contributed by atoms with Crippen LogP contribution in [0.1, 0.15) is 20.8 Å². The predicted octanol–water partition coefficient (Wildman–Crippen LogP) is 0.976. The zero-order valence-electron chi connectivity index (χ0n) is 10.3. The van der Waals surface area contributed by atoms with Crippen molar-refractivity contribution in [2.75, 3.05) is 5.43 Å². The Bertz CT molecular complexity index is 559. The Morgan fingerprint density at radius 3 is 2.94 bits per heavy atom. The van der Waals surface area contributed by atoms with E-state index in [0.717, 1.165) is 0 Å². The third-order valence-corrected chi connectivity index (χ3v) is 1.90. The van der Waals surface area contributed by atoms with Gasteiger partial charge in [0.2, 0.25) is 0 Å². The summed E-state index contributed by atoms with van der Waals surface area (Å²) in [5.74, 6) is 1.02. The Morgan fingerprint density at radius 2 is 2.22 bits per heavy atom. The second-order valence-electron chi connectivity index (χ2n) is 4.58. The average Bonchev–Trinajstić information content (AvgIpc) is 2.72. The molecule has 2 heterocycles. The van der Waals surface area contributed by atoms with Crippen LogP contribution in [0.5, 0.6) is 0 Å². The minimum Gasteiger partial charge on any atom is -0.443 e. The van der Waals surface area contributed by atoms with Crippen molar-refractivity contribution in [3.05, 3.63) is 18.6 Å². The van der Waals surface area contributed by atoms with E-state index in [1.54, 1.807) is 37.4 Å².